The van der Waals surface area contributed by atoms with E-state index in [9.17, 15) is 4.79 Å². The number of pyridine rings is 2. The molecule has 2 atom stereocenters. The second kappa shape index (κ2) is 10.9. The van der Waals surface area contributed by atoms with Crippen LogP contribution in [0.1, 0.15) is 40.6 Å². The van der Waals surface area contributed by atoms with Crippen LogP contribution in [0.5, 0.6) is 11.5 Å². The SMILES string of the molecule is COc1cccc(OC)c1CN1CCC[C@H]([C@@H](NC(=O)c2ccccn2)c2ccccn2)C1. The number of amides is 1. The van der Waals surface area contributed by atoms with Gasteiger partial charge in [-0.2, -0.15) is 0 Å². The highest BCUT2D eigenvalue weighted by atomic mass is 16.5. The Hall–Kier alpha value is -3.45. The van der Waals surface area contributed by atoms with Crippen LogP contribution < -0.4 is 14.8 Å². The molecule has 3 heterocycles. The standard InChI is InChI=1S/C26H30N4O3/c1-32-23-12-7-13-24(33-2)20(23)18-30-16-8-9-19(17-30)25(21-10-3-5-14-27-21)29-26(31)22-11-4-6-15-28-22/h3-7,10-15,19,25H,8-9,16-18H2,1-2H3,(H,29,31)/t19-,25+/m0/s1. The van der Waals surface area contributed by atoms with Gasteiger partial charge in [0.15, 0.2) is 0 Å². The van der Waals surface area contributed by atoms with Crippen molar-refractivity contribution in [2.45, 2.75) is 25.4 Å². The van der Waals surface area contributed by atoms with Gasteiger partial charge in [-0.15, -0.1) is 0 Å². The average Bonchev–Trinajstić information content (AvgIpc) is 2.88. The lowest BCUT2D eigenvalue weighted by Gasteiger charge is -2.37. The van der Waals surface area contributed by atoms with Gasteiger partial charge in [0.1, 0.15) is 17.2 Å². The van der Waals surface area contributed by atoms with E-state index in [4.69, 9.17) is 9.47 Å². The number of methoxy groups -OCH3 is 2. The zero-order valence-corrected chi connectivity index (χ0v) is 19.1. The molecule has 33 heavy (non-hydrogen) atoms. The maximum Gasteiger partial charge on any atom is 0.270 e. The normalized spacial score (nSPS) is 17.2. The van der Waals surface area contributed by atoms with Gasteiger partial charge in [-0.25, -0.2) is 0 Å². The predicted octanol–water partition coefficient (Wildman–Crippen LogP) is 3.88. The maximum absolute atomic E-state index is 13.0. The summed E-state index contributed by atoms with van der Waals surface area (Å²) in [6.45, 7) is 2.51. The van der Waals surface area contributed by atoms with Crippen molar-refractivity contribution in [2.24, 2.45) is 5.92 Å². The molecule has 0 bridgehead atoms. The van der Waals surface area contributed by atoms with Gasteiger partial charge in [0, 0.05) is 25.5 Å². The molecule has 0 saturated carbocycles. The number of nitrogens with zero attached hydrogens (tertiary/aromatic N) is 3. The number of benzene rings is 1. The number of hydrogen-bond acceptors (Lipinski definition) is 6. The summed E-state index contributed by atoms with van der Waals surface area (Å²) in [6.07, 6.45) is 5.44. The van der Waals surface area contributed by atoms with Crippen LogP contribution in [0.15, 0.2) is 67.0 Å². The Kier molecular flexibility index (Phi) is 7.52. The fraction of sp³-hybridized carbons (Fsp3) is 0.346. The fourth-order valence-corrected chi connectivity index (χ4v) is 4.52. The van der Waals surface area contributed by atoms with E-state index in [1.165, 1.54) is 0 Å². The Morgan fingerprint density at radius 1 is 1.03 bits per heavy atom. The molecule has 7 nitrogen and oxygen atoms in total. The van der Waals surface area contributed by atoms with Gasteiger partial charge in [0.2, 0.25) is 0 Å². The van der Waals surface area contributed by atoms with Crippen molar-refractivity contribution in [1.29, 1.82) is 0 Å². The molecule has 2 aromatic heterocycles. The molecule has 1 aromatic carbocycles. The largest absolute Gasteiger partial charge is 0.496 e. The Morgan fingerprint density at radius 2 is 1.76 bits per heavy atom. The second-order valence-corrected chi connectivity index (χ2v) is 8.20. The van der Waals surface area contributed by atoms with E-state index in [1.54, 1.807) is 38.7 Å². The minimum atomic E-state index is -0.205. The summed E-state index contributed by atoms with van der Waals surface area (Å²) in [7, 11) is 3.36. The first kappa shape index (κ1) is 22.7. The van der Waals surface area contributed by atoms with E-state index in [0.717, 1.165) is 48.7 Å². The minimum absolute atomic E-state index is 0.185. The zero-order valence-electron chi connectivity index (χ0n) is 19.1. The Morgan fingerprint density at radius 3 is 2.39 bits per heavy atom. The Bertz CT molecular complexity index is 1020. The van der Waals surface area contributed by atoms with Crippen molar-refractivity contribution in [2.75, 3.05) is 27.3 Å². The third kappa shape index (κ3) is 5.49. The van der Waals surface area contributed by atoms with Crippen LogP contribution in [0.25, 0.3) is 0 Å². The van der Waals surface area contributed by atoms with Crippen LogP contribution in [-0.4, -0.2) is 48.1 Å². The second-order valence-electron chi connectivity index (χ2n) is 8.20. The van der Waals surface area contributed by atoms with E-state index < -0.39 is 0 Å². The van der Waals surface area contributed by atoms with Gasteiger partial charge in [-0.1, -0.05) is 18.2 Å². The summed E-state index contributed by atoms with van der Waals surface area (Å²) in [4.78, 5) is 24.1. The van der Waals surface area contributed by atoms with Gasteiger partial charge in [0.05, 0.1) is 31.5 Å². The van der Waals surface area contributed by atoms with Gasteiger partial charge in [0.25, 0.3) is 5.91 Å². The maximum atomic E-state index is 13.0. The molecular formula is C26H30N4O3. The molecule has 1 fully saturated rings. The zero-order chi connectivity index (χ0) is 23.0. The third-order valence-electron chi connectivity index (χ3n) is 6.12. The number of nitrogens with one attached hydrogen (secondary N) is 1. The minimum Gasteiger partial charge on any atom is -0.496 e. The molecule has 7 heteroatoms. The molecule has 4 rings (SSSR count). The summed E-state index contributed by atoms with van der Waals surface area (Å²) in [6, 6.07) is 16.8. The first-order chi connectivity index (χ1) is 16.2. The summed E-state index contributed by atoms with van der Waals surface area (Å²) < 4.78 is 11.2. The van der Waals surface area contributed by atoms with Gasteiger partial charge >= 0.3 is 0 Å². The Balaban J connectivity index is 1.55. The van der Waals surface area contributed by atoms with Gasteiger partial charge in [-0.05, 0) is 61.7 Å². The van der Waals surface area contributed by atoms with Crippen LogP contribution >= 0.6 is 0 Å². The van der Waals surface area contributed by atoms with Crippen molar-refractivity contribution < 1.29 is 14.3 Å². The van der Waals surface area contributed by atoms with Crippen molar-refractivity contribution in [1.82, 2.24) is 20.2 Å². The topological polar surface area (TPSA) is 76.6 Å². The number of carbonyl (C=O) groups excluding carboxylic acids is 1. The number of ether oxygens (including phenoxy) is 2. The molecule has 1 saturated heterocycles. The van der Waals surface area contributed by atoms with Crippen molar-refractivity contribution in [3.63, 3.8) is 0 Å². The molecular weight excluding hydrogens is 416 g/mol. The van der Waals surface area contributed by atoms with E-state index >= 15 is 0 Å². The van der Waals surface area contributed by atoms with E-state index in [2.05, 4.69) is 20.2 Å². The van der Waals surface area contributed by atoms with Crippen molar-refractivity contribution in [3.8, 4) is 11.5 Å². The molecule has 1 aliphatic heterocycles. The lowest BCUT2D eigenvalue weighted by Crippen LogP contribution is -2.43. The summed E-state index contributed by atoms with van der Waals surface area (Å²) in [5, 5.41) is 3.21. The summed E-state index contributed by atoms with van der Waals surface area (Å²) >= 11 is 0. The van der Waals surface area contributed by atoms with Crippen LogP contribution in [0.3, 0.4) is 0 Å². The fourth-order valence-electron chi connectivity index (χ4n) is 4.52. The third-order valence-corrected chi connectivity index (χ3v) is 6.12. The van der Waals surface area contributed by atoms with Crippen LogP contribution in [0, 0.1) is 5.92 Å². The van der Waals surface area contributed by atoms with E-state index in [1.807, 2.05) is 42.5 Å². The number of likely N-dealkylation sites (tertiary alicyclic amines) is 1. The molecule has 3 aromatic rings. The lowest BCUT2D eigenvalue weighted by molar-refractivity contribution is 0.0869. The summed E-state index contributed by atoms with van der Waals surface area (Å²) in [5.74, 6) is 1.67. The molecule has 172 valence electrons. The number of carbonyl (C=O) groups is 1. The lowest BCUT2D eigenvalue weighted by atomic mass is 9.88. The van der Waals surface area contributed by atoms with Crippen LogP contribution in [0.4, 0.5) is 0 Å². The van der Waals surface area contributed by atoms with Crippen LogP contribution in [0.2, 0.25) is 0 Å². The smallest absolute Gasteiger partial charge is 0.270 e. The quantitative estimate of drug-likeness (QED) is 0.566. The number of aromatic nitrogens is 2. The molecule has 0 aliphatic carbocycles. The number of piperidine rings is 1. The van der Waals surface area contributed by atoms with Crippen molar-refractivity contribution in [3.05, 3.63) is 83.9 Å². The number of hydrogen-bond donors (Lipinski definition) is 1. The first-order valence-corrected chi connectivity index (χ1v) is 11.2. The monoisotopic (exact) mass is 446 g/mol. The molecule has 1 aliphatic rings. The summed E-state index contributed by atoms with van der Waals surface area (Å²) in [5.41, 5.74) is 2.31. The van der Waals surface area contributed by atoms with E-state index in [0.29, 0.717) is 12.2 Å². The van der Waals surface area contributed by atoms with Crippen molar-refractivity contribution >= 4 is 5.91 Å². The average molecular weight is 447 g/mol. The Labute approximate surface area is 194 Å². The van der Waals surface area contributed by atoms with Crippen LogP contribution in [-0.2, 0) is 6.54 Å². The number of rotatable bonds is 8. The predicted molar refractivity (Wildman–Crippen MR) is 126 cm³/mol. The van der Waals surface area contributed by atoms with E-state index in [-0.39, 0.29) is 17.9 Å². The molecule has 0 spiro atoms. The molecule has 1 amide bonds. The molecule has 0 unspecified atom stereocenters. The van der Waals surface area contributed by atoms with Gasteiger partial charge < -0.3 is 14.8 Å². The highest BCUT2D eigenvalue weighted by Gasteiger charge is 2.31. The molecule has 1 N–H and O–H groups in total. The van der Waals surface area contributed by atoms with Gasteiger partial charge in [-0.3, -0.25) is 19.7 Å². The highest BCUT2D eigenvalue weighted by Crippen LogP contribution is 2.34. The highest BCUT2D eigenvalue weighted by molar-refractivity contribution is 5.92. The molecule has 0 radical (unpaired) electrons. The first-order valence-electron chi connectivity index (χ1n) is 11.2.